The number of hydrogen-bond donors (Lipinski definition) is 0. The van der Waals surface area contributed by atoms with Crippen molar-refractivity contribution in [1.82, 2.24) is 14.9 Å². The first kappa shape index (κ1) is 17.3. The molecule has 2 aromatic heterocycles. The van der Waals surface area contributed by atoms with Gasteiger partial charge in [0.05, 0.1) is 22.5 Å². The lowest BCUT2D eigenvalue weighted by Crippen LogP contribution is -2.32. The minimum Gasteiger partial charge on any atom is -0.472 e. The van der Waals surface area contributed by atoms with Gasteiger partial charge < -0.3 is 9.64 Å². The monoisotopic (exact) mass is 385 g/mol. The molecule has 1 aromatic carbocycles. The minimum absolute atomic E-state index is 0.0145. The lowest BCUT2D eigenvalue weighted by molar-refractivity contribution is -0.127. The third kappa shape index (κ3) is 3.99. The van der Waals surface area contributed by atoms with Crippen LogP contribution in [0, 0.1) is 6.92 Å². The number of fused-ring (bicyclic) bond motifs is 1. The van der Waals surface area contributed by atoms with Gasteiger partial charge in [0, 0.05) is 24.7 Å². The first-order valence-corrected chi connectivity index (χ1v) is 10.3. The molecule has 1 aliphatic heterocycles. The van der Waals surface area contributed by atoms with Gasteiger partial charge in [0.25, 0.3) is 0 Å². The quantitative estimate of drug-likeness (QED) is 0.626. The maximum Gasteiger partial charge on any atom is 0.233 e. The zero-order valence-electron chi connectivity index (χ0n) is 14.4. The highest BCUT2D eigenvalue weighted by atomic mass is 32.2. The summed E-state index contributed by atoms with van der Waals surface area (Å²) >= 11 is 3.14. The van der Waals surface area contributed by atoms with E-state index in [0.29, 0.717) is 18.2 Å². The Morgan fingerprint density at radius 2 is 2.15 bits per heavy atom. The Hall–Kier alpha value is -2.12. The highest BCUT2D eigenvalue weighted by Crippen LogP contribution is 2.29. The summed E-state index contributed by atoms with van der Waals surface area (Å²) in [6, 6.07) is 13.8. The second-order valence-corrected chi connectivity index (χ2v) is 8.47. The number of rotatable bonds is 5. The van der Waals surface area contributed by atoms with Gasteiger partial charge in [0.1, 0.15) is 6.10 Å². The van der Waals surface area contributed by atoms with Gasteiger partial charge in [-0.05, 0) is 25.1 Å². The van der Waals surface area contributed by atoms with Crippen LogP contribution in [0.5, 0.6) is 5.88 Å². The Kier molecular flexibility index (Phi) is 5.08. The molecule has 0 aliphatic carbocycles. The molecule has 0 N–H and O–H groups in total. The molecule has 1 amide bonds. The van der Waals surface area contributed by atoms with Crippen molar-refractivity contribution in [3.05, 3.63) is 48.2 Å². The number of likely N-dealkylation sites (tertiary alicyclic amines) is 1. The fourth-order valence-electron chi connectivity index (χ4n) is 2.93. The number of ether oxygens (including phenoxy) is 1. The van der Waals surface area contributed by atoms with E-state index in [1.165, 1.54) is 11.8 Å². The van der Waals surface area contributed by atoms with Crippen LogP contribution in [0.3, 0.4) is 0 Å². The first-order valence-electron chi connectivity index (χ1n) is 8.54. The largest absolute Gasteiger partial charge is 0.472 e. The van der Waals surface area contributed by atoms with Crippen molar-refractivity contribution >= 4 is 39.2 Å². The second-order valence-electron chi connectivity index (χ2n) is 6.22. The van der Waals surface area contributed by atoms with Crippen molar-refractivity contribution in [3.8, 4) is 5.88 Å². The highest BCUT2D eigenvalue weighted by Gasteiger charge is 2.28. The molecule has 3 heterocycles. The van der Waals surface area contributed by atoms with Gasteiger partial charge in [-0.1, -0.05) is 30.0 Å². The molecule has 0 saturated carbocycles. The number of pyridine rings is 1. The lowest BCUT2D eigenvalue weighted by Gasteiger charge is -2.16. The molecule has 0 bridgehead atoms. The van der Waals surface area contributed by atoms with E-state index >= 15 is 0 Å². The van der Waals surface area contributed by atoms with Crippen molar-refractivity contribution in [2.75, 3.05) is 18.8 Å². The highest BCUT2D eigenvalue weighted by molar-refractivity contribution is 8.01. The molecule has 1 unspecified atom stereocenters. The topological polar surface area (TPSA) is 55.3 Å². The molecule has 1 atom stereocenters. The van der Waals surface area contributed by atoms with Crippen LogP contribution < -0.4 is 4.74 Å². The van der Waals surface area contributed by atoms with Gasteiger partial charge in [0.15, 0.2) is 4.34 Å². The molecule has 1 aliphatic rings. The Labute approximate surface area is 160 Å². The fourth-order valence-corrected chi connectivity index (χ4v) is 4.90. The van der Waals surface area contributed by atoms with Crippen LogP contribution in [0.2, 0.25) is 0 Å². The average molecular weight is 386 g/mol. The van der Waals surface area contributed by atoms with Gasteiger partial charge in [-0.25, -0.2) is 9.97 Å². The Morgan fingerprint density at radius 1 is 1.27 bits per heavy atom. The van der Waals surface area contributed by atoms with Crippen molar-refractivity contribution in [3.63, 3.8) is 0 Å². The molecule has 1 fully saturated rings. The summed E-state index contributed by atoms with van der Waals surface area (Å²) in [5.41, 5.74) is 1.92. The van der Waals surface area contributed by atoms with E-state index in [1.54, 1.807) is 11.3 Å². The van der Waals surface area contributed by atoms with Crippen molar-refractivity contribution < 1.29 is 9.53 Å². The first-order chi connectivity index (χ1) is 12.7. The summed E-state index contributed by atoms with van der Waals surface area (Å²) in [5, 5.41) is 0. The lowest BCUT2D eigenvalue weighted by atomic mass is 10.3. The number of amides is 1. The van der Waals surface area contributed by atoms with Gasteiger partial charge in [-0.15, -0.1) is 11.3 Å². The van der Waals surface area contributed by atoms with Crippen LogP contribution in [0.4, 0.5) is 0 Å². The van der Waals surface area contributed by atoms with E-state index in [-0.39, 0.29) is 12.0 Å². The van der Waals surface area contributed by atoms with E-state index in [9.17, 15) is 4.79 Å². The van der Waals surface area contributed by atoms with Gasteiger partial charge in [-0.3, -0.25) is 4.79 Å². The number of carbonyl (C=O) groups excluding carboxylic acids is 1. The summed E-state index contributed by atoms with van der Waals surface area (Å²) in [7, 11) is 0. The van der Waals surface area contributed by atoms with Crippen molar-refractivity contribution in [2.45, 2.75) is 23.8 Å². The number of benzene rings is 1. The summed E-state index contributed by atoms with van der Waals surface area (Å²) in [6.45, 7) is 3.29. The molecular weight excluding hydrogens is 366 g/mol. The van der Waals surface area contributed by atoms with E-state index in [4.69, 9.17) is 4.74 Å². The van der Waals surface area contributed by atoms with Crippen LogP contribution in [-0.4, -0.2) is 45.7 Å². The molecule has 1 saturated heterocycles. The van der Waals surface area contributed by atoms with E-state index in [0.717, 1.165) is 33.2 Å². The predicted octanol–water partition coefficient (Wildman–Crippen LogP) is 3.77. The van der Waals surface area contributed by atoms with Crippen molar-refractivity contribution in [1.29, 1.82) is 0 Å². The third-order valence-corrected chi connectivity index (χ3v) is 6.41. The molecule has 3 aromatic rings. The number of thiazole rings is 1. The predicted molar refractivity (Wildman–Crippen MR) is 105 cm³/mol. The fraction of sp³-hybridized carbons (Fsp3) is 0.316. The SMILES string of the molecule is Cc1cccc(OC2CCN(C(=O)CSc3nc4ccccc4s3)C2)n1. The van der Waals surface area contributed by atoms with Crippen LogP contribution in [0.25, 0.3) is 10.2 Å². The third-order valence-electron chi connectivity index (χ3n) is 4.24. The number of aromatic nitrogens is 2. The number of nitrogens with zero attached hydrogens (tertiary/aromatic N) is 3. The Balaban J connectivity index is 1.30. The number of aryl methyl sites for hydroxylation is 1. The van der Waals surface area contributed by atoms with E-state index < -0.39 is 0 Å². The van der Waals surface area contributed by atoms with Crippen LogP contribution in [-0.2, 0) is 4.79 Å². The standard InChI is InChI=1S/C19H19N3O2S2/c1-13-5-4-8-17(20-13)24-14-9-10-22(11-14)18(23)12-25-19-21-15-6-2-3-7-16(15)26-19/h2-8,14H,9-12H2,1H3. The normalized spacial score (nSPS) is 17.0. The molecule has 0 spiro atoms. The van der Waals surface area contributed by atoms with Crippen molar-refractivity contribution in [2.24, 2.45) is 0 Å². The maximum atomic E-state index is 12.5. The number of hydrogen-bond acceptors (Lipinski definition) is 6. The Morgan fingerprint density at radius 3 is 3.00 bits per heavy atom. The number of carbonyl (C=O) groups is 1. The molecule has 134 valence electrons. The molecule has 26 heavy (non-hydrogen) atoms. The smallest absolute Gasteiger partial charge is 0.233 e. The summed E-state index contributed by atoms with van der Waals surface area (Å²) in [5.74, 6) is 1.18. The molecule has 5 nitrogen and oxygen atoms in total. The number of thioether (sulfide) groups is 1. The number of para-hydroxylation sites is 1. The molecule has 0 radical (unpaired) electrons. The molecule has 4 rings (SSSR count). The maximum absolute atomic E-state index is 12.5. The van der Waals surface area contributed by atoms with Gasteiger partial charge >= 0.3 is 0 Å². The summed E-state index contributed by atoms with van der Waals surface area (Å²) in [4.78, 5) is 23.3. The second kappa shape index (κ2) is 7.63. The van der Waals surface area contributed by atoms with E-state index in [2.05, 4.69) is 16.0 Å². The summed E-state index contributed by atoms with van der Waals surface area (Å²) < 4.78 is 8.01. The van der Waals surface area contributed by atoms with E-state index in [1.807, 2.05) is 48.2 Å². The van der Waals surface area contributed by atoms with Gasteiger partial charge in [0.2, 0.25) is 11.8 Å². The van der Waals surface area contributed by atoms with Crippen LogP contribution in [0.1, 0.15) is 12.1 Å². The van der Waals surface area contributed by atoms with Crippen LogP contribution in [0.15, 0.2) is 46.8 Å². The molecular formula is C19H19N3O2S2. The summed E-state index contributed by atoms with van der Waals surface area (Å²) in [6.07, 6.45) is 0.855. The van der Waals surface area contributed by atoms with Gasteiger partial charge in [-0.2, -0.15) is 0 Å². The Bertz CT molecular complexity index is 895. The minimum atomic E-state index is 0.0145. The average Bonchev–Trinajstić information content (AvgIpc) is 3.26. The van der Waals surface area contributed by atoms with Crippen LogP contribution >= 0.6 is 23.1 Å². The molecule has 7 heteroatoms. The zero-order valence-corrected chi connectivity index (χ0v) is 16.1. The zero-order chi connectivity index (χ0) is 17.9.